The minimum Gasteiger partial charge on any atom is -0.497 e. The van der Waals surface area contributed by atoms with Crippen LogP contribution in [0.4, 0.5) is 4.79 Å². The van der Waals surface area contributed by atoms with Crippen molar-refractivity contribution in [2.24, 2.45) is 5.10 Å². The second kappa shape index (κ2) is 7.00. The molecule has 6 heteroatoms. The number of halogens is 1. The molecule has 1 aromatic rings. The van der Waals surface area contributed by atoms with E-state index in [2.05, 4.69) is 26.5 Å². The number of hydrogen-bond donors (Lipinski definition) is 1. The van der Waals surface area contributed by atoms with Crippen LogP contribution in [0.2, 0.25) is 0 Å². The Balaban J connectivity index is 2.85. The highest BCUT2D eigenvalue weighted by Gasteiger charge is 2.06. The molecule has 1 rings (SSSR count). The first kappa shape index (κ1) is 14.5. The van der Waals surface area contributed by atoms with E-state index in [0.717, 1.165) is 15.8 Å². The van der Waals surface area contributed by atoms with Crippen molar-refractivity contribution >= 4 is 27.7 Å². The SMILES string of the molecule is CCOC(=O)NN=C(C)c1cc(OC)ccc1Br. The Morgan fingerprint density at radius 1 is 1.50 bits per heavy atom. The minimum absolute atomic E-state index is 0.309. The molecule has 1 N–H and O–H groups in total. The van der Waals surface area contributed by atoms with Gasteiger partial charge in [0.2, 0.25) is 0 Å². The molecule has 0 aliphatic carbocycles. The van der Waals surface area contributed by atoms with Gasteiger partial charge < -0.3 is 9.47 Å². The number of carbonyl (C=O) groups is 1. The summed E-state index contributed by atoms with van der Waals surface area (Å²) in [6.07, 6.45) is -0.573. The van der Waals surface area contributed by atoms with E-state index in [0.29, 0.717) is 12.3 Å². The molecular formula is C12H15BrN2O3. The summed E-state index contributed by atoms with van der Waals surface area (Å²) in [4.78, 5) is 11.1. The molecule has 0 saturated heterocycles. The molecule has 18 heavy (non-hydrogen) atoms. The first-order chi connectivity index (χ1) is 8.58. The van der Waals surface area contributed by atoms with Crippen LogP contribution in [0.3, 0.4) is 0 Å². The quantitative estimate of drug-likeness (QED) is 0.686. The van der Waals surface area contributed by atoms with Crippen molar-refractivity contribution in [1.29, 1.82) is 0 Å². The Morgan fingerprint density at radius 2 is 2.22 bits per heavy atom. The molecule has 1 amide bonds. The van der Waals surface area contributed by atoms with Gasteiger partial charge in [-0.1, -0.05) is 15.9 Å². The second-order valence-corrected chi connectivity index (χ2v) is 4.23. The van der Waals surface area contributed by atoms with Crippen LogP contribution in [-0.4, -0.2) is 25.5 Å². The van der Waals surface area contributed by atoms with Gasteiger partial charge in [0, 0.05) is 10.0 Å². The Kier molecular flexibility index (Phi) is 5.64. The minimum atomic E-state index is -0.573. The zero-order valence-corrected chi connectivity index (χ0v) is 12.1. The van der Waals surface area contributed by atoms with E-state index < -0.39 is 6.09 Å². The van der Waals surface area contributed by atoms with Gasteiger partial charge in [0.05, 0.1) is 19.4 Å². The van der Waals surface area contributed by atoms with Crippen LogP contribution >= 0.6 is 15.9 Å². The number of nitrogens with zero attached hydrogens (tertiary/aromatic N) is 1. The molecule has 0 spiro atoms. The van der Waals surface area contributed by atoms with E-state index in [9.17, 15) is 4.79 Å². The molecule has 98 valence electrons. The predicted octanol–water partition coefficient (Wildman–Crippen LogP) is 2.93. The number of nitrogens with one attached hydrogen (secondary N) is 1. The van der Waals surface area contributed by atoms with Gasteiger partial charge in [-0.3, -0.25) is 0 Å². The molecule has 0 aromatic heterocycles. The Labute approximate surface area is 114 Å². The van der Waals surface area contributed by atoms with Crippen LogP contribution in [-0.2, 0) is 4.74 Å². The number of methoxy groups -OCH3 is 1. The highest BCUT2D eigenvalue weighted by atomic mass is 79.9. The van der Waals surface area contributed by atoms with Crippen molar-refractivity contribution in [2.45, 2.75) is 13.8 Å². The maximum absolute atomic E-state index is 11.1. The first-order valence-electron chi connectivity index (χ1n) is 5.39. The van der Waals surface area contributed by atoms with Crippen molar-refractivity contribution in [1.82, 2.24) is 5.43 Å². The van der Waals surface area contributed by atoms with E-state index in [1.807, 2.05) is 18.2 Å². The summed E-state index contributed by atoms with van der Waals surface area (Å²) in [6, 6.07) is 5.52. The molecule has 1 aromatic carbocycles. The lowest BCUT2D eigenvalue weighted by Crippen LogP contribution is -2.20. The summed E-state index contributed by atoms with van der Waals surface area (Å²) in [6.45, 7) is 3.82. The van der Waals surface area contributed by atoms with Crippen LogP contribution in [0, 0.1) is 0 Å². The molecular weight excluding hydrogens is 300 g/mol. The normalized spacial score (nSPS) is 11.0. The molecule has 0 aliphatic rings. The van der Waals surface area contributed by atoms with E-state index in [1.54, 1.807) is 21.0 Å². The monoisotopic (exact) mass is 314 g/mol. The number of benzene rings is 1. The fraction of sp³-hybridized carbons (Fsp3) is 0.333. The van der Waals surface area contributed by atoms with Crippen LogP contribution in [0.15, 0.2) is 27.8 Å². The Bertz CT molecular complexity index is 461. The third-order valence-electron chi connectivity index (χ3n) is 2.15. The zero-order chi connectivity index (χ0) is 13.5. The van der Waals surface area contributed by atoms with E-state index in [4.69, 9.17) is 9.47 Å². The lowest BCUT2D eigenvalue weighted by Gasteiger charge is -2.07. The lowest BCUT2D eigenvalue weighted by atomic mass is 10.1. The number of amides is 1. The van der Waals surface area contributed by atoms with Gasteiger partial charge in [0.1, 0.15) is 5.75 Å². The number of rotatable bonds is 4. The maximum Gasteiger partial charge on any atom is 0.427 e. The first-order valence-corrected chi connectivity index (χ1v) is 6.18. The summed E-state index contributed by atoms with van der Waals surface area (Å²) in [5.41, 5.74) is 3.80. The smallest absolute Gasteiger partial charge is 0.427 e. The predicted molar refractivity (Wildman–Crippen MR) is 73.1 cm³/mol. The molecule has 0 radical (unpaired) electrons. The van der Waals surface area contributed by atoms with Crippen LogP contribution in [0.25, 0.3) is 0 Å². The third kappa shape index (κ3) is 4.03. The number of hydrazone groups is 1. The second-order valence-electron chi connectivity index (χ2n) is 3.38. The fourth-order valence-corrected chi connectivity index (χ4v) is 1.80. The van der Waals surface area contributed by atoms with E-state index >= 15 is 0 Å². The molecule has 0 aliphatic heterocycles. The van der Waals surface area contributed by atoms with Gasteiger partial charge in [0.25, 0.3) is 0 Å². The molecule has 0 atom stereocenters. The van der Waals surface area contributed by atoms with E-state index in [1.165, 1.54) is 0 Å². The van der Waals surface area contributed by atoms with Crippen LogP contribution in [0.1, 0.15) is 19.4 Å². The van der Waals surface area contributed by atoms with Gasteiger partial charge >= 0.3 is 6.09 Å². The van der Waals surface area contributed by atoms with Gasteiger partial charge in [0.15, 0.2) is 0 Å². The summed E-state index contributed by atoms with van der Waals surface area (Å²) >= 11 is 3.42. The molecule has 0 saturated carbocycles. The van der Waals surface area contributed by atoms with Crippen molar-refractivity contribution in [3.05, 3.63) is 28.2 Å². The van der Waals surface area contributed by atoms with Crippen molar-refractivity contribution in [2.75, 3.05) is 13.7 Å². The summed E-state index contributed by atoms with van der Waals surface area (Å²) in [5, 5.41) is 3.96. The van der Waals surface area contributed by atoms with Gasteiger partial charge in [-0.05, 0) is 32.0 Å². The van der Waals surface area contributed by atoms with Crippen molar-refractivity contribution in [3.8, 4) is 5.75 Å². The van der Waals surface area contributed by atoms with Gasteiger partial charge in [-0.15, -0.1) is 0 Å². The average Bonchev–Trinajstić information content (AvgIpc) is 2.37. The Hall–Kier alpha value is -1.56. The lowest BCUT2D eigenvalue weighted by molar-refractivity contribution is 0.152. The van der Waals surface area contributed by atoms with Crippen molar-refractivity contribution < 1.29 is 14.3 Å². The highest BCUT2D eigenvalue weighted by Crippen LogP contribution is 2.22. The molecule has 0 heterocycles. The number of hydrogen-bond acceptors (Lipinski definition) is 4. The molecule has 0 fully saturated rings. The largest absolute Gasteiger partial charge is 0.497 e. The number of ether oxygens (including phenoxy) is 2. The van der Waals surface area contributed by atoms with Gasteiger partial charge in [-0.25, -0.2) is 10.2 Å². The topological polar surface area (TPSA) is 59.9 Å². The highest BCUT2D eigenvalue weighted by molar-refractivity contribution is 9.10. The fourth-order valence-electron chi connectivity index (χ4n) is 1.26. The summed E-state index contributed by atoms with van der Waals surface area (Å²) in [7, 11) is 1.59. The van der Waals surface area contributed by atoms with Crippen LogP contribution < -0.4 is 10.2 Å². The van der Waals surface area contributed by atoms with Crippen molar-refractivity contribution in [3.63, 3.8) is 0 Å². The molecule has 0 bridgehead atoms. The zero-order valence-electron chi connectivity index (χ0n) is 10.5. The average molecular weight is 315 g/mol. The third-order valence-corrected chi connectivity index (χ3v) is 2.85. The summed E-state index contributed by atoms with van der Waals surface area (Å²) in [5.74, 6) is 0.721. The molecule has 0 unspecified atom stereocenters. The Morgan fingerprint density at radius 3 is 2.83 bits per heavy atom. The standard InChI is InChI=1S/C12H15BrN2O3/c1-4-18-12(16)15-14-8(2)10-7-9(17-3)5-6-11(10)13/h5-7H,4H2,1-3H3,(H,15,16). The number of carbonyl (C=O) groups excluding carboxylic acids is 1. The van der Waals surface area contributed by atoms with Gasteiger partial charge in [-0.2, -0.15) is 5.10 Å². The maximum atomic E-state index is 11.1. The summed E-state index contributed by atoms with van der Waals surface area (Å²) < 4.78 is 10.7. The van der Waals surface area contributed by atoms with E-state index in [-0.39, 0.29) is 0 Å². The van der Waals surface area contributed by atoms with Crippen LogP contribution in [0.5, 0.6) is 5.75 Å². The molecule has 5 nitrogen and oxygen atoms in total.